The Bertz CT molecular complexity index is 609. The predicted octanol–water partition coefficient (Wildman–Crippen LogP) is -2.72. The summed E-state index contributed by atoms with van der Waals surface area (Å²) in [6.45, 7) is -0.151. The number of carboxylic acid groups (broad SMARTS) is 1. The molecule has 0 aromatic carbocycles. The monoisotopic (exact) mass is 382 g/mol. The third-order valence-electron chi connectivity index (χ3n) is 3.50. The molecule has 2 amide bonds. The summed E-state index contributed by atoms with van der Waals surface area (Å²) in [6, 6.07) is -0.836. The van der Waals surface area contributed by atoms with E-state index in [2.05, 4.69) is 21.5 Å². The first-order valence-corrected chi connectivity index (χ1v) is 8.25. The van der Waals surface area contributed by atoms with Gasteiger partial charge in [0.05, 0.1) is 12.6 Å². The molecule has 9 N–H and O–H groups in total. The van der Waals surface area contributed by atoms with Crippen LogP contribution < -0.4 is 27.8 Å². The SMILES string of the molecule is C#CCC(N)C(=O)NCCC(CCCN=C(N)N)C(=O)NCC(=O)C(=O)O. The fraction of sp³-hybridized carbons (Fsp3) is 0.562. The Morgan fingerprint density at radius 1 is 1.11 bits per heavy atom. The van der Waals surface area contributed by atoms with Crippen LogP contribution in [0.2, 0.25) is 0 Å². The molecule has 11 nitrogen and oxygen atoms in total. The first-order chi connectivity index (χ1) is 12.7. The Morgan fingerprint density at radius 3 is 2.33 bits per heavy atom. The Morgan fingerprint density at radius 2 is 1.78 bits per heavy atom. The first-order valence-electron chi connectivity index (χ1n) is 8.25. The van der Waals surface area contributed by atoms with Crippen LogP contribution in [-0.4, -0.2) is 60.3 Å². The molecule has 0 spiro atoms. The second kappa shape index (κ2) is 13.1. The number of carbonyl (C=O) groups excluding carboxylic acids is 3. The van der Waals surface area contributed by atoms with Gasteiger partial charge in [-0.2, -0.15) is 0 Å². The van der Waals surface area contributed by atoms with Crippen molar-refractivity contribution in [3.8, 4) is 12.3 Å². The summed E-state index contributed by atoms with van der Waals surface area (Å²) in [5.74, 6) is -2.07. The average Bonchev–Trinajstić information content (AvgIpc) is 2.60. The highest BCUT2D eigenvalue weighted by Crippen LogP contribution is 2.11. The number of terminal acetylenes is 1. The van der Waals surface area contributed by atoms with Crippen LogP contribution in [0, 0.1) is 18.3 Å². The maximum atomic E-state index is 12.2. The third kappa shape index (κ3) is 11.2. The molecule has 0 aliphatic heterocycles. The molecule has 0 aromatic heterocycles. The van der Waals surface area contributed by atoms with E-state index in [0.29, 0.717) is 19.4 Å². The number of hydrogen-bond donors (Lipinski definition) is 6. The molecule has 150 valence electrons. The Labute approximate surface area is 157 Å². The number of nitrogens with two attached hydrogens (primary N) is 3. The number of aliphatic carboxylic acids is 1. The number of ketones is 1. The Hall–Kier alpha value is -3.13. The van der Waals surface area contributed by atoms with Crippen molar-refractivity contribution in [2.45, 2.75) is 31.7 Å². The zero-order valence-electron chi connectivity index (χ0n) is 14.9. The van der Waals surface area contributed by atoms with Crippen LogP contribution in [0.1, 0.15) is 25.7 Å². The number of carboxylic acids is 1. The molecule has 11 heteroatoms. The summed E-state index contributed by atoms with van der Waals surface area (Å²) in [5, 5.41) is 13.4. The molecule has 2 unspecified atom stereocenters. The van der Waals surface area contributed by atoms with Gasteiger partial charge in [0.15, 0.2) is 5.96 Å². The average molecular weight is 382 g/mol. The zero-order valence-corrected chi connectivity index (χ0v) is 14.9. The minimum absolute atomic E-state index is 0.0715. The number of nitrogens with zero attached hydrogens (tertiary/aromatic N) is 1. The van der Waals surface area contributed by atoms with Crippen molar-refractivity contribution in [3.63, 3.8) is 0 Å². The summed E-state index contributed by atoms with van der Waals surface area (Å²) in [7, 11) is 0. The standard InChI is InChI=1S/C16H26N6O5/c1-2-4-11(17)14(25)20-8-6-10(5-3-7-21-16(18)19)13(24)22-9-12(23)15(26)27/h1,10-11H,3-9,17H2,(H,20,25)(H,22,24)(H,26,27)(H4,18,19,21). The van der Waals surface area contributed by atoms with Gasteiger partial charge in [0.1, 0.15) is 0 Å². The number of aliphatic imine (C=N–C) groups is 1. The molecule has 27 heavy (non-hydrogen) atoms. The van der Waals surface area contributed by atoms with Gasteiger partial charge >= 0.3 is 5.97 Å². The van der Waals surface area contributed by atoms with E-state index >= 15 is 0 Å². The van der Waals surface area contributed by atoms with E-state index in [1.54, 1.807) is 0 Å². The fourth-order valence-corrected chi connectivity index (χ4v) is 2.06. The molecule has 0 saturated heterocycles. The van der Waals surface area contributed by atoms with E-state index in [4.69, 9.17) is 28.7 Å². The lowest BCUT2D eigenvalue weighted by Gasteiger charge is -2.17. The summed E-state index contributed by atoms with van der Waals surface area (Å²) < 4.78 is 0. The molecule has 0 bridgehead atoms. The van der Waals surface area contributed by atoms with E-state index in [-0.39, 0.29) is 25.3 Å². The largest absolute Gasteiger partial charge is 0.475 e. The number of nitrogens with one attached hydrogen (secondary N) is 2. The fourth-order valence-electron chi connectivity index (χ4n) is 2.06. The molecule has 0 heterocycles. The van der Waals surface area contributed by atoms with Gasteiger partial charge in [-0.05, 0) is 19.3 Å². The van der Waals surface area contributed by atoms with E-state index < -0.39 is 42.1 Å². The highest BCUT2D eigenvalue weighted by atomic mass is 16.4. The van der Waals surface area contributed by atoms with Crippen LogP contribution >= 0.6 is 0 Å². The minimum atomic E-state index is -1.63. The van der Waals surface area contributed by atoms with Gasteiger partial charge in [-0.15, -0.1) is 12.3 Å². The molecule has 0 fully saturated rings. The van der Waals surface area contributed by atoms with Crippen LogP contribution in [-0.2, 0) is 19.2 Å². The summed E-state index contributed by atoms with van der Waals surface area (Å²) in [5.41, 5.74) is 16.0. The van der Waals surface area contributed by atoms with Gasteiger partial charge in [0.25, 0.3) is 5.78 Å². The quantitative estimate of drug-likeness (QED) is 0.0647. The third-order valence-corrected chi connectivity index (χ3v) is 3.50. The van der Waals surface area contributed by atoms with E-state index in [9.17, 15) is 19.2 Å². The van der Waals surface area contributed by atoms with Gasteiger partial charge in [0, 0.05) is 25.4 Å². The Kier molecular flexibility index (Phi) is 11.6. The summed E-state index contributed by atoms with van der Waals surface area (Å²) in [4.78, 5) is 49.3. The molecular formula is C16H26N6O5. The second-order valence-electron chi connectivity index (χ2n) is 5.69. The van der Waals surface area contributed by atoms with Crippen LogP contribution in [0.25, 0.3) is 0 Å². The van der Waals surface area contributed by atoms with Gasteiger partial charge < -0.3 is 32.9 Å². The van der Waals surface area contributed by atoms with Crippen molar-refractivity contribution in [2.24, 2.45) is 28.1 Å². The van der Waals surface area contributed by atoms with Gasteiger partial charge in [-0.25, -0.2) is 4.79 Å². The molecule has 0 aliphatic rings. The second-order valence-corrected chi connectivity index (χ2v) is 5.69. The topological polar surface area (TPSA) is 203 Å². The number of Topliss-reactive ketones (excluding diaryl/α,β-unsaturated/α-hetero) is 1. The van der Waals surface area contributed by atoms with E-state index in [0.717, 1.165) is 0 Å². The molecule has 0 saturated carbocycles. The minimum Gasteiger partial charge on any atom is -0.475 e. The molecule has 2 atom stereocenters. The van der Waals surface area contributed by atoms with E-state index in [1.165, 1.54) is 0 Å². The molecule has 0 radical (unpaired) electrons. The Balaban J connectivity index is 4.63. The van der Waals surface area contributed by atoms with Gasteiger partial charge in [0.2, 0.25) is 11.8 Å². The van der Waals surface area contributed by atoms with Crippen molar-refractivity contribution in [1.29, 1.82) is 0 Å². The van der Waals surface area contributed by atoms with Gasteiger partial charge in [-0.1, -0.05) is 0 Å². The van der Waals surface area contributed by atoms with Crippen LogP contribution in [0.15, 0.2) is 4.99 Å². The van der Waals surface area contributed by atoms with Crippen molar-refractivity contribution in [2.75, 3.05) is 19.6 Å². The lowest BCUT2D eigenvalue weighted by Crippen LogP contribution is -2.42. The number of rotatable bonds is 13. The number of hydrogen-bond acceptors (Lipinski definition) is 6. The van der Waals surface area contributed by atoms with Crippen LogP contribution in [0.5, 0.6) is 0 Å². The van der Waals surface area contributed by atoms with E-state index in [1.807, 2.05) is 0 Å². The lowest BCUT2D eigenvalue weighted by molar-refractivity contribution is -0.149. The highest BCUT2D eigenvalue weighted by molar-refractivity contribution is 6.33. The number of carbonyl (C=O) groups is 4. The van der Waals surface area contributed by atoms with Crippen molar-refractivity contribution in [1.82, 2.24) is 10.6 Å². The maximum Gasteiger partial charge on any atom is 0.374 e. The zero-order chi connectivity index (χ0) is 20.8. The number of amides is 2. The first kappa shape index (κ1) is 23.9. The molecule has 0 aromatic rings. The normalized spacial score (nSPS) is 12.1. The lowest BCUT2D eigenvalue weighted by atomic mass is 9.98. The van der Waals surface area contributed by atoms with Gasteiger partial charge in [-0.3, -0.25) is 19.4 Å². The molecule has 0 aliphatic carbocycles. The van der Waals surface area contributed by atoms with Crippen molar-refractivity contribution in [3.05, 3.63) is 0 Å². The molecule has 0 rings (SSSR count). The highest BCUT2D eigenvalue weighted by Gasteiger charge is 2.21. The maximum absolute atomic E-state index is 12.2. The van der Waals surface area contributed by atoms with Crippen LogP contribution in [0.4, 0.5) is 0 Å². The summed E-state index contributed by atoms with van der Waals surface area (Å²) >= 11 is 0. The van der Waals surface area contributed by atoms with Crippen molar-refractivity contribution < 1.29 is 24.3 Å². The molecular weight excluding hydrogens is 356 g/mol. The smallest absolute Gasteiger partial charge is 0.374 e. The van der Waals surface area contributed by atoms with Crippen molar-refractivity contribution >= 4 is 29.5 Å². The number of guanidine groups is 1. The predicted molar refractivity (Wildman–Crippen MR) is 98.1 cm³/mol. The summed E-state index contributed by atoms with van der Waals surface area (Å²) in [6.07, 6.45) is 6.28. The van der Waals surface area contributed by atoms with Crippen LogP contribution in [0.3, 0.4) is 0 Å².